The standard InChI is InChI=1S/C21H23N3O4/c22-19(25)17-12-7-13-24(17)20(26)18(16-10-5-2-6-11-16)23-21(27)28-14-15-8-3-1-4-9-15/h1-6,8-11,17-18H,7,12-14H2,(H2,22,25)(H,23,27)/t17-,18-/m0/s1. The van der Waals surface area contributed by atoms with Crippen LogP contribution < -0.4 is 11.1 Å². The van der Waals surface area contributed by atoms with Gasteiger partial charge >= 0.3 is 6.09 Å². The molecule has 2 aromatic carbocycles. The molecule has 0 aromatic heterocycles. The maximum atomic E-state index is 13.1. The first kappa shape index (κ1) is 19.4. The van der Waals surface area contributed by atoms with Gasteiger partial charge in [-0.05, 0) is 24.0 Å². The highest BCUT2D eigenvalue weighted by Gasteiger charge is 2.37. The third kappa shape index (κ3) is 4.68. The van der Waals surface area contributed by atoms with Crippen molar-refractivity contribution in [1.82, 2.24) is 10.2 Å². The Hall–Kier alpha value is -3.35. The first-order chi connectivity index (χ1) is 13.6. The number of nitrogens with two attached hydrogens (primary N) is 1. The van der Waals surface area contributed by atoms with Crippen molar-refractivity contribution in [2.75, 3.05) is 6.54 Å². The van der Waals surface area contributed by atoms with E-state index in [2.05, 4.69) is 5.32 Å². The van der Waals surface area contributed by atoms with E-state index in [1.807, 2.05) is 36.4 Å². The van der Waals surface area contributed by atoms with Crippen molar-refractivity contribution in [3.63, 3.8) is 0 Å². The van der Waals surface area contributed by atoms with Crippen LogP contribution in [0.2, 0.25) is 0 Å². The first-order valence-corrected chi connectivity index (χ1v) is 9.18. The average Bonchev–Trinajstić information content (AvgIpc) is 3.22. The third-order valence-electron chi connectivity index (χ3n) is 4.72. The summed E-state index contributed by atoms with van der Waals surface area (Å²) in [7, 11) is 0. The van der Waals surface area contributed by atoms with Crippen LogP contribution in [0.3, 0.4) is 0 Å². The zero-order chi connectivity index (χ0) is 19.9. The second-order valence-electron chi connectivity index (χ2n) is 6.64. The van der Waals surface area contributed by atoms with Crippen molar-refractivity contribution in [3.8, 4) is 0 Å². The summed E-state index contributed by atoms with van der Waals surface area (Å²) < 4.78 is 5.25. The highest BCUT2D eigenvalue weighted by atomic mass is 16.5. The largest absolute Gasteiger partial charge is 0.445 e. The normalized spacial score (nSPS) is 17.0. The Balaban J connectivity index is 1.73. The number of rotatable bonds is 6. The quantitative estimate of drug-likeness (QED) is 0.800. The Morgan fingerprint density at radius 1 is 1.07 bits per heavy atom. The van der Waals surface area contributed by atoms with Gasteiger partial charge in [0.15, 0.2) is 0 Å². The van der Waals surface area contributed by atoms with Gasteiger partial charge in [-0.25, -0.2) is 4.79 Å². The lowest BCUT2D eigenvalue weighted by Crippen LogP contribution is -2.49. The minimum Gasteiger partial charge on any atom is -0.445 e. The molecular weight excluding hydrogens is 358 g/mol. The van der Waals surface area contributed by atoms with Crippen LogP contribution in [0.15, 0.2) is 60.7 Å². The number of carbonyl (C=O) groups is 3. The Bertz CT molecular complexity index is 826. The number of nitrogens with one attached hydrogen (secondary N) is 1. The topological polar surface area (TPSA) is 102 Å². The van der Waals surface area contributed by atoms with Crippen molar-refractivity contribution < 1.29 is 19.1 Å². The number of benzene rings is 2. The van der Waals surface area contributed by atoms with E-state index in [4.69, 9.17) is 10.5 Å². The molecule has 0 spiro atoms. The number of carbonyl (C=O) groups excluding carboxylic acids is 3. The molecule has 2 atom stereocenters. The fourth-order valence-corrected chi connectivity index (χ4v) is 3.31. The first-order valence-electron chi connectivity index (χ1n) is 9.18. The van der Waals surface area contributed by atoms with Crippen molar-refractivity contribution in [2.24, 2.45) is 5.73 Å². The molecule has 0 bridgehead atoms. The predicted molar refractivity (Wildman–Crippen MR) is 103 cm³/mol. The summed E-state index contributed by atoms with van der Waals surface area (Å²) in [6, 6.07) is 16.5. The molecule has 1 saturated heterocycles. The fourth-order valence-electron chi connectivity index (χ4n) is 3.31. The second kappa shape index (κ2) is 9.03. The number of likely N-dealkylation sites (tertiary alicyclic amines) is 1. The Morgan fingerprint density at radius 3 is 2.36 bits per heavy atom. The predicted octanol–water partition coefficient (Wildman–Crippen LogP) is 2.13. The maximum Gasteiger partial charge on any atom is 0.408 e. The van der Waals surface area contributed by atoms with E-state index in [9.17, 15) is 14.4 Å². The molecule has 1 aliphatic heterocycles. The van der Waals surface area contributed by atoms with Gasteiger partial charge in [0.1, 0.15) is 18.7 Å². The number of nitrogens with zero attached hydrogens (tertiary/aromatic N) is 1. The summed E-state index contributed by atoms with van der Waals surface area (Å²) >= 11 is 0. The zero-order valence-corrected chi connectivity index (χ0v) is 15.4. The molecule has 7 nitrogen and oxygen atoms in total. The number of hydrogen-bond acceptors (Lipinski definition) is 4. The van der Waals surface area contributed by atoms with Crippen molar-refractivity contribution in [3.05, 3.63) is 71.8 Å². The van der Waals surface area contributed by atoms with Crippen LogP contribution in [0.1, 0.15) is 30.0 Å². The van der Waals surface area contributed by atoms with Gasteiger partial charge in [-0.1, -0.05) is 60.7 Å². The van der Waals surface area contributed by atoms with Gasteiger partial charge in [-0.3, -0.25) is 9.59 Å². The van der Waals surface area contributed by atoms with E-state index in [1.54, 1.807) is 24.3 Å². The summed E-state index contributed by atoms with van der Waals surface area (Å²) in [4.78, 5) is 38.6. The molecule has 146 valence electrons. The Morgan fingerprint density at radius 2 is 1.71 bits per heavy atom. The van der Waals surface area contributed by atoms with Crippen LogP contribution >= 0.6 is 0 Å². The molecule has 1 fully saturated rings. The highest BCUT2D eigenvalue weighted by Crippen LogP contribution is 2.23. The van der Waals surface area contributed by atoms with E-state index in [-0.39, 0.29) is 12.5 Å². The molecule has 0 radical (unpaired) electrons. The van der Waals surface area contributed by atoms with Crippen LogP contribution in [-0.2, 0) is 20.9 Å². The van der Waals surface area contributed by atoms with E-state index >= 15 is 0 Å². The molecule has 1 aliphatic rings. The molecule has 1 heterocycles. The van der Waals surface area contributed by atoms with Gasteiger partial charge in [0, 0.05) is 6.54 Å². The summed E-state index contributed by atoms with van der Waals surface area (Å²) in [5.41, 5.74) is 6.88. The summed E-state index contributed by atoms with van der Waals surface area (Å²) in [5.74, 6) is -0.909. The minimum absolute atomic E-state index is 0.0933. The van der Waals surface area contributed by atoms with Crippen LogP contribution in [0.4, 0.5) is 4.79 Å². The lowest BCUT2D eigenvalue weighted by molar-refractivity contribution is -0.139. The van der Waals surface area contributed by atoms with E-state index in [0.29, 0.717) is 24.9 Å². The van der Waals surface area contributed by atoms with Gasteiger partial charge < -0.3 is 20.7 Å². The molecular formula is C21H23N3O4. The van der Waals surface area contributed by atoms with Gasteiger partial charge in [-0.2, -0.15) is 0 Å². The second-order valence-corrected chi connectivity index (χ2v) is 6.64. The molecule has 3 N–H and O–H groups in total. The van der Waals surface area contributed by atoms with Crippen molar-refractivity contribution >= 4 is 17.9 Å². The molecule has 3 rings (SSSR count). The van der Waals surface area contributed by atoms with Crippen LogP contribution in [0.5, 0.6) is 0 Å². The zero-order valence-electron chi connectivity index (χ0n) is 15.4. The molecule has 0 saturated carbocycles. The smallest absolute Gasteiger partial charge is 0.408 e. The molecule has 2 aromatic rings. The van der Waals surface area contributed by atoms with E-state index in [0.717, 1.165) is 5.56 Å². The lowest BCUT2D eigenvalue weighted by atomic mass is 10.1. The number of alkyl carbamates (subject to hydrolysis) is 1. The Labute approximate surface area is 163 Å². The highest BCUT2D eigenvalue weighted by molar-refractivity contribution is 5.92. The SMILES string of the molecule is NC(=O)[C@@H]1CCCN1C(=O)[C@@H](NC(=O)OCc1ccccc1)c1ccccc1. The van der Waals surface area contributed by atoms with Gasteiger partial charge in [-0.15, -0.1) is 0 Å². The van der Waals surface area contributed by atoms with Gasteiger partial charge in [0.05, 0.1) is 0 Å². The fraction of sp³-hybridized carbons (Fsp3) is 0.286. The minimum atomic E-state index is -0.954. The molecule has 7 heteroatoms. The van der Waals surface area contributed by atoms with Gasteiger partial charge in [0.25, 0.3) is 5.91 Å². The van der Waals surface area contributed by atoms with Crippen LogP contribution in [0, 0.1) is 0 Å². The van der Waals surface area contributed by atoms with E-state index in [1.165, 1.54) is 4.90 Å². The summed E-state index contributed by atoms with van der Waals surface area (Å²) in [5, 5.41) is 2.64. The lowest BCUT2D eigenvalue weighted by Gasteiger charge is -2.27. The molecule has 0 aliphatic carbocycles. The molecule has 0 unspecified atom stereocenters. The molecule has 3 amide bonds. The number of ether oxygens (including phenoxy) is 1. The monoisotopic (exact) mass is 381 g/mol. The number of primary amides is 1. The average molecular weight is 381 g/mol. The van der Waals surface area contributed by atoms with Crippen LogP contribution in [-0.4, -0.2) is 35.4 Å². The maximum absolute atomic E-state index is 13.1. The third-order valence-corrected chi connectivity index (χ3v) is 4.72. The van der Waals surface area contributed by atoms with E-state index < -0.39 is 24.1 Å². The molecule has 28 heavy (non-hydrogen) atoms. The summed E-state index contributed by atoms with van der Waals surface area (Å²) in [6.45, 7) is 0.520. The summed E-state index contributed by atoms with van der Waals surface area (Å²) in [6.07, 6.45) is 0.515. The number of amides is 3. The number of hydrogen-bond donors (Lipinski definition) is 2. The van der Waals surface area contributed by atoms with Crippen molar-refractivity contribution in [2.45, 2.75) is 31.5 Å². The Kier molecular flexibility index (Phi) is 6.26. The van der Waals surface area contributed by atoms with Gasteiger partial charge in [0.2, 0.25) is 5.91 Å². The van der Waals surface area contributed by atoms with Crippen LogP contribution in [0.25, 0.3) is 0 Å². The van der Waals surface area contributed by atoms with Crippen molar-refractivity contribution in [1.29, 1.82) is 0 Å².